The lowest BCUT2D eigenvalue weighted by Crippen LogP contribution is -2.42. The summed E-state index contributed by atoms with van der Waals surface area (Å²) in [7, 11) is 2.37. The molecule has 0 unspecified atom stereocenters. The third-order valence-corrected chi connectivity index (χ3v) is 11.0. The van der Waals surface area contributed by atoms with E-state index < -0.39 is 14.8 Å². The van der Waals surface area contributed by atoms with Gasteiger partial charge in [-0.1, -0.05) is 32.1 Å². The third kappa shape index (κ3) is 15.9. The zero-order chi connectivity index (χ0) is 31.9. The molecule has 2 rings (SSSR count). The van der Waals surface area contributed by atoms with E-state index in [1.165, 1.54) is 30.4 Å². The number of amides is 1. The van der Waals surface area contributed by atoms with Crippen molar-refractivity contribution in [2.75, 3.05) is 27.9 Å². The number of carboxylic acid groups (broad SMARTS) is 1. The lowest BCUT2D eigenvalue weighted by Gasteiger charge is -2.24. The number of aryl methyl sites for hydroxylation is 2. The Bertz CT molecular complexity index is 1040. The Morgan fingerprint density at radius 3 is 1.52 bits per heavy atom. The fourth-order valence-electron chi connectivity index (χ4n) is 5.32. The molecule has 0 aliphatic rings. The quantitative estimate of drug-likeness (QED) is 0.0767. The molecule has 0 atom stereocenters. The molecule has 2 N–H and O–H groups in total. The first-order valence-corrected chi connectivity index (χ1v) is 18.5. The zero-order valence-corrected chi connectivity index (χ0v) is 28.4. The molecule has 9 nitrogen and oxygen atoms in total. The highest BCUT2D eigenvalue weighted by Crippen LogP contribution is 2.17. The molecule has 2 aromatic rings. The molecular weight excluding hydrogens is 574 g/mol. The van der Waals surface area contributed by atoms with E-state index in [2.05, 4.69) is 63.5 Å². The average molecular weight is 632 g/mol. The minimum atomic E-state index is -2.51. The molecule has 2 heterocycles. The predicted octanol–water partition coefficient (Wildman–Crippen LogP) is 5.86. The van der Waals surface area contributed by atoms with Crippen LogP contribution in [-0.2, 0) is 36.0 Å². The lowest BCUT2D eigenvalue weighted by atomic mass is 10.1. The van der Waals surface area contributed by atoms with Gasteiger partial charge in [0, 0.05) is 83.9 Å². The molecule has 0 bridgehead atoms. The maximum absolute atomic E-state index is 12.1. The summed E-state index contributed by atoms with van der Waals surface area (Å²) in [5.41, 5.74) is 2.45. The number of carbonyl (C=O) groups excluding carboxylic acids is 1. The second-order valence-corrected chi connectivity index (χ2v) is 14.6. The number of aromatic nitrogens is 2. The van der Waals surface area contributed by atoms with E-state index in [4.69, 9.17) is 18.4 Å². The van der Waals surface area contributed by atoms with Gasteiger partial charge in [0.1, 0.15) is 13.1 Å². The van der Waals surface area contributed by atoms with Crippen molar-refractivity contribution < 1.29 is 37.1 Å². The summed E-state index contributed by atoms with van der Waals surface area (Å²) in [5.74, 6) is -0.551. The molecule has 0 aliphatic carbocycles. The number of rotatable bonds is 26. The fourth-order valence-corrected chi connectivity index (χ4v) is 7.12. The molecule has 1 amide bonds. The molecule has 0 saturated carbocycles. The average Bonchev–Trinajstić information content (AvgIpc) is 3.04. The van der Waals surface area contributed by atoms with Crippen molar-refractivity contribution in [2.45, 2.75) is 115 Å². The minimum absolute atomic E-state index is 0.140. The van der Waals surface area contributed by atoms with Gasteiger partial charge in [0.05, 0.1) is 0 Å². The number of hydrogen-bond donors (Lipinski definition) is 2. The van der Waals surface area contributed by atoms with Crippen molar-refractivity contribution in [3.05, 3.63) is 49.1 Å². The standard InChI is InChI=1S/C34H55N3O6Si/c1-41-44(42-2,43-3)30-16-13-23-35-33(38)17-11-7-6-10-15-25-37-28-21-32(22-29-37)31-19-26-36(27-20-31)24-14-9-5-4-8-12-18-34(39)40/h19-22,26-29H,4-18,23-25,30H2,1-3H3/p+2. The van der Waals surface area contributed by atoms with Crippen LogP contribution in [0.3, 0.4) is 0 Å². The molecule has 0 aliphatic heterocycles. The van der Waals surface area contributed by atoms with Crippen molar-refractivity contribution in [3.63, 3.8) is 0 Å². The van der Waals surface area contributed by atoms with Gasteiger partial charge < -0.3 is 23.7 Å². The number of nitrogens with one attached hydrogen (secondary N) is 1. The molecule has 0 saturated heterocycles. The summed E-state index contributed by atoms with van der Waals surface area (Å²) in [6, 6.07) is 9.50. The van der Waals surface area contributed by atoms with Crippen molar-refractivity contribution in [2.24, 2.45) is 0 Å². The Morgan fingerprint density at radius 1 is 0.636 bits per heavy atom. The molecule has 0 aromatic carbocycles. The lowest BCUT2D eigenvalue weighted by molar-refractivity contribution is -0.697. The summed E-state index contributed by atoms with van der Waals surface area (Å²) < 4.78 is 20.8. The topological polar surface area (TPSA) is 102 Å². The highest BCUT2D eigenvalue weighted by atomic mass is 28.4. The van der Waals surface area contributed by atoms with Gasteiger partial charge in [-0.2, -0.15) is 0 Å². The number of unbranched alkanes of at least 4 members (excludes halogenated alkanes) is 10. The molecule has 10 heteroatoms. The van der Waals surface area contributed by atoms with Crippen LogP contribution in [-0.4, -0.2) is 53.7 Å². The maximum atomic E-state index is 12.1. The van der Waals surface area contributed by atoms with Gasteiger partial charge in [0.25, 0.3) is 0 Å². The zero-order valence-electron chi connectivity index (χ0n) is 27.4. The van der Waals surface area contributed by atoms with Crippen LogP contribution in [0.15, 0.2) is 49.1 Å². The van der Waals surface area contributed by atoms with E-state index in [1.807, 2.05) is 0 Å². The Kier molecular flexibility index (Phi) is 19.4. The first-order valence-electron chi connectivity index (χ1n) is 16.5. The van der Waals surface area contributed by atoms with E-state index in [9.17, 15) is 9.59 Å². The Labute approximate surface area is 266 Å². The molecule has 2 aromatic heterocycles. The Morgan fingerprint density at radius 2 is 1.07 bits per heavy atom. The van der Waals surface area contributed by atoms with Crippen LogP contribution in [0.1, 0.15) is 96.3 Å². The summed E-state index contributed by atoms with van der Waals surface area (Å²) in [5, 5.41) is 11.7. The van der Waals surface area contributed by atoms with Gasteiger partial charge in [-0.15, -0.1) is 0 Å². The van der Waals surface area contributed by atoms with Gasteiger partial charge in [-0.3, -0.25) is 9.59 Å². The molecule has 0 radical (unpaired) electrons. The minimum Gasteiger partial charge on any atom is -0.481 e. The van der Waals surface area contributed by atoms with Gasteiger partial charge in [0.15, 0.2) is 24.8 Å². The number of hydrogen-bond acceptors (Lipinski definition) is 5. The summed E-state index contributed by atoms with van der Waals surface area (Å²) in [4.78, 5) is 22.7. The van der Waals surface area contributed by atoms with Crippen LogP contribution in [0.4, 0.5) is 0 Å². The van der Waals surface area contributed by atoms with Crippen molar-refractivity contribution in [1.29, 1.82) is 0 Å². The normalized spacial score (nSPS) is 11.5. The largest absolute Gasteiger partial charge is 0.500 e. The number of pyridine rings is 2. The monoisotopic (exact) mass is 631 g/mol. The summed E-state index contributed by atoms with van der Waals surface area (Å²) in [6.07, 6.45) is 23.2. The Hall–Kier alpha value is -2.66. The maximum Gasteiger partial charge on any atom is 0.500 e. The van der Waals surface area contributed by atoms with Gasteiger partial charge in [-0.25, -0.2) is 9.13 Å². The molecular formula is C34H57N3O6Si+2. The number of nitrogens with zero attached hydrogens (tertiary/aromatic N) is 2. The molecule has 0 spiro atoms. The fraction of sp³-hybridized carbons (Fsp3) is 0.647. The van der Waals surface area contributed by atoms with Crippen LogP contribution < -0.4 is 14.5 Å². The van der Waals surface area contributed by atoms with Crippen LogP contribution in [0.25, 0.3) is 11.1 Å². The van der Waals surface area contributed by atoms with Gasteiger partial charge in [-0.05, 0) is 49.7 Å². The predicted molar refractivity (Wildman–Crippen MR) is 174 cm³/mol. The molecule has 0 fully saturated rings. The van der Waals surface area contributed by atoms with Crippen LogP contribution in [0.2, 0.25) is 6.04 Å². The molecule has 44 heavy (non-hydrogen) atoms. The van der Waals surface area contributed by atoms with E-state index in [0.717, 1.165) is 83.3 Å². The van der Waals surface area contributed by atoms with Crippen LogP contribution in [0, 0.1) is 0 Å². The molecule has 246 valence electrons. The van der Waals surface area contributed by atoms with E-state index in [1.54, 1.807) is 21.3 Å². The van der Waals surface area contributed by atoms with Crippen molar-refractivity contribution in [3.8, 4) is 11.1 Å². The van der Waals surface area contributed by atoms with Crippen molar-refractivity contribution >= 4 is 20.7 Å². The number of carboxylic acids is 1. The van der Waals surface area contributed by atoms with E-state index in [0.29, 0.717) is 19.4 Å². The first-order chi connectivity index (χ1) is 21.4. The second-order valence-electron chi connectivity index (χ2n) is 11.5. The SMILES string of the molecule is CO[Si](CCCCNC(=O)CCCCCCC[n+]1ccc(-c2cc[n+](CCCCCCCCC(=O)O)cc2)cc1)(OC)OC. The van der Waals surface area contributed by atoms with E-state index >= 15 is 0 Å². The third-order valence-electron chi connectivity index (χ3n) is 8.16. The van der Waals surface area contributed by atoms with Crippen molar-refractivity contribution in [1.82, 2.24) is 5.32 Å². The number of aliphatic carboxylic acids is 1. The second kappa shape index (κ2) is 22.8. The summed E-state index contributed by atoms with van der Waals surface area (Å²) in [6.45, 7) is 2.70. The highest BCUT2D eigenvalue weighted by molar-refractivity contribution is 6.60. The van der Waals surface area contributed by atoms with Crippen LogP contribution in [0.5, 0.6) is 0 Å². The van der Waals surface area contributed by atoms with Crippen LogP contribution >= 0.6 is 0 Å². The number of carbonyl (C=O) groups is 2. The first kappa shape index (κ1) is 37.5. The summed E-state index contributed by atoms with van der Waals surface area (Å²) >= 11 is 0. The van der Waals surface area contributed by atoms with Gasteiger partial charge >= 0.3 is 14.8 Å². The van der Waals surface area contributed by atoms with Gasteiger partial charge in [0.2, 0.25) is 5.91 Å². The highest BCUT2D eigenvalue weighted by Gasteiger charge is 2.36. The Balaban J connectivity index is 1.50. The van der Waals surface area contributed by atoms with E-state index in [-0.39, 0.29) is 5.91 Å². The smallest absolute Gasteiger partial charge is 0.481 e.